The summed E-state index contributed by atoms with van der Waals surface area (Å²) in [6.07, 6.45) is 5.72. The molecule has 2 aromatic rings. The van der Waals surface area contributed by atoms with E-state index in [1.54, 1.807) is 24.4 Å². The fraction of sp³-hybridized carbons (Fsp3) is 0.412. The van der Waals surface area contributed by atoms with Crippen LogP contribution in [0, 0.1) is 0 Å². The third-order valence-electron chi connectivity index (χ3n) is 3.42. The van der Waals surface area contributed by atoms with Crippen molar-refractivity contribution < 1.29 is 9.21 Å². The van der Waals surface area contributed by atoms with Crippen LogP contribution in [0.4, 0.5) is 0 Å². The highest BCUT2D eigenvalue weighted by Crippen LogP contribution is 2.30. The minimum Gasteiger partial charge on any atom is -0.441 e. The first-order chi connectivity index (χ1) is 11.1. The molecule has 0 fully saturated rings. The molecule has 4 nitrogen and oxygen atoms in total. The maximum absolute atomic E-state index is 11.7. The highest BCUT2D eigenvalue weighted by Gasteiger charge is 2.11. The lowest BCUT2D eigenvalue weighted by Gasteiger charge is -2.03. The fourth-order valence-electron chi connectivity index (χ4n) is 2.15. The van der Waals surface area contributed by atoms with Gasteiger partial charge in [0.15, 0.2) is 11.7 Å². The zero-order chi connectivity index (χ0) is 16.7. The molecule has 2 rings (SSSR count). The molecule has 1 amide bonds. The van der Waals surface area contributed by atoms with Gasteiger partial charge in [0.1, 0.15) is 0 Å². The van der Waals surface area contributed by atoms with Gasteiger partial charge >= 0.3 is 0 Å². The lowest BCUT2D eigenvalue weighted by Crippen LogP contribution is -2.24. The number of benzene rings is 1. The summed E-state index contributed by atoms with van der Waals surface area (Å²) in [6, 6.07) is 5.19. The molecule has 1 aromatic carbocycles. The van der Waals surface area contributed by atoms with Crippen molar-refractivity contribution in [2.45, 2.75) is 39.0 Å². The zero-order valence-electron chi connectivity index (χ0n) is 13.1. The number of hydrogen-bond acceptors (Lipinski definition) is 3. The second-order valence-corrected chi connectivity index (χ2v) is 6.14. The summed E-state index contributed by atoms with van der Waals surface area (Å²) in [5.74, 6) is 1.12. The number of hydrogen-bond donors (Lipinski definition) is 1. The standard InChI is InChI=1S/C17H20Cl2N2O2/c1-2-3-4-9-20-16(22)7-8-17-21-11-15(23-17)13-6-5-12(18)10-14(13)19/h5-6,10-11H,2-4,7-9H2,1H3,(H,20,22). The molecule has 23 heavy (non-hydrogen) atoms. The molecule has 0 saturated carbocycles. The Kier molecular flexibility index (Phi) is 6.93. The average molecular weight is 355 g/mol. The van der Waals surface area contributed by atoms with Crippen LogP contribution in [0.15, 0.2) is 28.8 Å². The zero-order valence-corrected chi connectivity index (χ0v) is 14.6. The number of aromatic nitrogens is 1. The smallest absolute Gasteiger partial charge is 0.220 e. The van der Waals surface area contributed by atoms with E-state index in [0.717, 1.165) is 31.4 Å². The number of carbonyl (C=O) groups is 1. The molecule has 0 aliphatic heterocycles. The monoisotopic (exact) mass is 354 g/mol. The second-order valence-electron chi connectivity index (χ2n) is 5.30. The SMILES string of the molecule is CCCCCNC(=O)CCc1ncc(-c2ccc(Cl)cc2Cl)o1. The van der Waals surface area contributed by atoms with E-state index < -0.39 is 0 Å². The van der Waals surface area contributed by atoms with Crippen molar-refractivity contribution >= 4 is 29.1 Å². The van der Waals surface area contributed by atoms with Crippen LogP contribution < -0.4 is 5.32 Å². The Morgan fingerprint density at radius 3 is 2.87 bits per heavy atom. The van der Waals surface area contributed by atoms with E-state index in [-0.39, 0.29) is 5.91 Å². The molecule has 124 valence electrons. The van der Waals surface area contributed by atoms with Crippen LogP contribution in [-0.4, -0.2) is 17.4 Å². The lowest BCUT2D eigenvalue weighted by atomic mass is 10.2. The van der Waals surface area contributed by atoms with Gasteiger partial charge in [0.05, 0.1) is 11.2 Å². The molecule has 0 unspecified atom stereocenters. The predicted octanol–water partition coefficient (Wildman–Crippen LogP) is 4.89. The van der Waals surface area contributed by atoms with Gasteiger partial charge in [-0.15, -0.1) is 0 Å². The maximum atomic E-state index is 11.7. The number of halogens is 2. The number of rotatable bonds is 8. The van der Waals surface area contributed by atoms with Gasteiger partial charge in [0.2, 0.25) is 5.91 Å². The van der Waals surface area contributed by atoms with Crippen molar-refractivity contribution in [2.75, 3.05) is 6.54 Å². The third kappa shape index (κ3) is 5.56. The van der Waals surface area contributed by atoms with Crippen LogP contribution in [-0.2, 0) is 11.2 Å². The minimum absolute atomic E-state index is 0.0189. The first-order valence-electron chi connectivity index (χ1n) is 7.77. The largest absolute Gasteiger partial charge is 0.441 e. The Morgan fingerprint density at radius 1 is 1.30 bits per heavy atom. The number of nitrogens with one attached hydrogen (secondary N) is 1. The third-order valence-corrected chi connectivity index (χ3v) is 3.97. The normalized spacial score (nSPS) is 10.7. The number of oxazole rings is 1. The van der Waals surface area contributed by atoms with Crippen molar-refractivity contribution in [3.63, 3.8) is 0 Å². The van der Waals surface area contributed by atoms with E-state index >= 15 is 0 Å². The molecule has 0 bridgehead atoms. The van der Waals surface area contributed by atoms with Crippen LogP contribution in [0.25, 0.3) is 11.3 Å². The molecule has 0 aliphatic rings. The fourth-order valence-corrected chi connectivity index (χ4v) is 2.65. The molecule has 1 N–H and O–H groups in total. The highest BCUT2D eigenvalue weighted by atomic mass is 35.5. The Balaban J connectivity index is 1.86. The van der Waals surface area contributed by atoms with Crippen LogP contribution in [0.2, 0.25) is 10.0 Å². The van der Waals surface area contributed by atoms with E-state index in [0.29, 0.717) is 34.5 Å². The van der Waals surface area contributed by atoms with Gasteiger partial charge in [-0.2, -0.15) is 0 Å². The topological polar surface area (TPSA) is 55.1 Å². The summed E-state index contributed by atoms with van der Waals surface area (Å²) in [5, 5.41) is 3.97. The summed E-state index contributed by atoms with van der Waals surface area (Å²) in [6.45, 7) is 2.86. The van der Waals surface area contributed by atoms with Gasteiger partial charge in [-0.3, -0.25) is 4.79 Å². The first-order valence-corrected chi connectivity index (χ1v) is 8.52. The summed E-state index contributed by atoms with van der Waals surface area (Å²) >= 11 is 12.0. The van der Waals surface area contributed by atoms with Crippen LogP contribution >= 0.6 is 23.2 Å². The number of unbranched alkanes of at least 4 members (excludes halogenated alkanes) is 2. The predicted molar refractivity (Wildman–Crippen MR) is 92.8 cm³/mol. The van der Waals surface area contributed by atoms with E-state index in [2.05, 4.69) is 17.2 Å². The summed E-state index contributed by atoms with van der Waals surface area (Å²) in [7, 11) is 0. The lowest BCUT2D eigenvalue weighted by molar-refractivity contribution is -0.121. The maximum Gasteiger partial charge on any atom is 0.220 e. The molecule has 0 radical (unpaired) electrons. The van der Waals surface area contributed by atoms with E-state index in [4.69, 9.17) is 27.6 Å². The molecule has 0 spiro atoms. The molecular formula is C17H20Cl2N2O2. The van der Waals surface area contributed by atoms with Crippen molar-refractivity contribution in [3.05, 3.63) is 40.3 Å². The van der Waals surface area contributed by atoms with E-state index in [1.165, 1.54) is 0 Å². The molecule has 0 saturated heterocycles. The van der Waals surface area contributed by atoms with Crippen molar-refractivity contribution in [3.8, 4) is 11.3 Å². The van der Waals surface area contributed by atoms with Gasteiger partial charge in [-0.05, 0) is 24.6 Å². The quantitative estimate of drug-likeness (QED) is 0.686. The molecule has 0 aliphatic carbocycles. The second kappa shape index (κ2) is 8.94. The highest BCUT2D eigenvalue weighted by molar-refractivity contribution is 6.36. The van der Waals surface area contributed by atoms with Gasteiger partial charge in [0, 0.05) is 30.0 Å². The molecule has 6 heteroatoms. The van der Waals surface area contributed by atoms with Crippen LogP contribution in [0.1, 0.15) is 38.5 Å². The molecule has 1 heterocycles. The van der Waals surface area contributed by atoms with Gasteiger partial charge in [-0.1, -0.05) is 43.0 Å². The van der Waals surface area contributed by atoms with Crippen molar-refractivity contribution in [2.24, 2.45) is 0 Å². The van der Waals surface area contributed by atoms with Gasteiger partial charge in [-0.25, -0.2) is 4.98 Å². The minimum atomic E-state index is 0.0189. The van der Waals surface area contributed by atoms with Crippen LogP contribution in [0.5, 0.6) is 0 Å². The Hall–Kier alpha value is -1.52. The van der Waals surface area contributed by atoms with E-state index in [1.807, 2.05) is 0 Å². The summed E-state index contributed by atoms with van der Waals surface area (Å²) < 4.78 is 5.67. The van der Waals surface area contributed by atoms with Crippen molar-refractivity contribution in [1.82, 2.24) is 10.3 Å². The summed E-state index contributed by atoms with van der Waals surface area (Å²) in [5.41, 5.74) is 0.735. The summed E-state index contributed by atoms with van der Waals surface area (Å²) in [4.78, 5) is 15.9. The van der Waals surface area contributed by atoms with Gasteiger partial charge in [0.25, 0.3) is 0 Å². The van der Waals surface area contributed by atoms with Gasteiger partial charge < -0.3 is 9.73 Å². The molecular weight excluding hydrogens is 335 g/mol. The Morgan fingerprint density at radius 2 is 2.13 bits per heavy atom. The Bertz CT molecular complexity index is 656. The average Bonchev–Trinajstić information content (AvgIpc) is 2.98. The number of aryl methyl sites for hydroxylation is 1. The number of carbonyl (C=O) groups excluding carboxylic acids is 1. The molecule has 0 atom stereocenters. The van der Waals surface area contributed by atoms with Crippen molar-refractivity contribution in [1.29, 1.82) is 0 Å². The first kappa shape index (κ1) is 17.8. The number of nitrogens with zero attached hydrogens (tertiary/aromatic N) is 1. The Labute approximate surface area is 146 Å². The van der Waals surface area contributed by atoms with E-state index in [9.17, 15) is 4.79 Å². The van der Waals surface area contributed by atoms with Crippen LogP contribution in [0.3, 0.4) is 0 Å². The number of amides is 1. The molecule has 1 aromatic heterocycles.